The summed E-state index contributed by atoms with van der Waals surface area (Å²) in [5, 5.41) is 0.955. The molecule has 0 amide bonds. The third-order valence-electron chi connectivity index (χ3n) is 2.43. The minimum Gasteiger partial charge on any atom is -0.299 e. The third kappa shape index (κ3) is 3.95. The van der Waals surface area contributed by atoms with Gasteiger partial charge in [0.05, 0.1) is 5.75 Å². The van der Waals surface area contributed by atoms with E-state index < -0.39 is 9.84 Å². The number of nitrogens with zero attached hydrogens (tertiary/aromatic N) is 1. The van der Waals surface area contributed by atoms with Crippen molar-refractivity contribution in [2.75, 3.05) is 30.4 Å². The van der Waals surface area contributed by atoms with Crippen LogP contribution in [0.4, 0.5) is 0 Å². The van der Waals surface area contributed by atoms with Gasteiger partial charge in [0.2, 0.25) is 0 Å². The van der Waals surface area contributed by atoms with Gasteiger partial charge in [0.1, 0.15) is 9.84 Å². The van der Waals surface area contributed by atoms with Crippen molar-refractivity contribution in [1.29, 1.82) is 0 Å². The van der Waals surface area contributed by atoms with Gasteiger partial charge in [0.25, 0.3) is 0 Å². The van der Waals surface area contributed by atoms with Crippen LogP contribution in [0.15, 0.2) is 0 Å². The van der Waals surface area contributed by atoms with Gasteiger partial charge < -0.3 is 0 Å². The number of alkyl halides is 1. The molecule has 0 aliphatic carbocycles. The first kappa shape index (κ1) is 11.5. The average Bonchev–Trinajstić information content (AvgIpc) is 2.46. The Kier molecular flexibility index (Phi) is 4.19. The Morgan fingerprint density at radius 1 is 1.54 bits per heavy atom. The molecule has 1 rings (SSSR count). The fourth-order valence-corrected chi connectivity index (χ4v) is 2.95. The summed E-state index contributed by atoms with van der Waals surface area (Å²) in [7, 11) is -2.80. The van der Waals surface area contributed by atoms with E-state index in [9.17, 15) is 8.42 Å². The molecule has 1 unspecified atom stereocenters. The van der Waals surface area contributed by atoms with E-state index >= 15 is 0 Å². The van der Waals surface area contributed by atoms with E-state index in [1.165, 1.54) is 19.1 Å². The largest absolute Gasteiger partial charge is 0.299 e. The summed E-state index contributed by atoms with van der Waals surface area (Å²) >= 11 is 3.45. The van der Waals surface area contributed by atoms with Crippen molar-refractivity contribution in [2.24, 2.45) is 0 Å². The van der Waals surface area contributed by atoms with Crippen LogP contribution in [-0.4, -0.2) is 49.8 Å². The first-order chi connectivity index (χ1) is 6.03. The normalized spacial score (nSPS) is 25.2. The van der Waals surface area contributed by atoms with E-state index in [1.807, 2.05) is 0 Å². The molecule has 0 aromatic heterocycles. The third-order valence-corrected chi connectivity index (χ3v) is 4.10. The Morgan fingerprint density at radius 3 is 2.77 bits per heavy atom. The Balaban J connectivity index is 2.36. The highest BCUT2D eigenvalue weighted by Gasteiger charge is 2.23. The van der Waals surface area contributed by atoms with Gasteiger partial charge in [0, 0.05) is 24.2 Å². The fourth-order valence-electron chi connectivity index (χ4n) is 1.65. The van der Waals surface area contributed by atoms with Crippen molar-refractivity contribution in [1.82, 2.24) is 4.90 Å². The molecule has 0 aromatic rings. The number of rotatable bonds is 4. The zero-order valence-electron chi connectivity index (χ0n) is 7.87. The molecule has 1 saturated heterocycles. The Bertz CT molecular complexity index is 253. The summed E-state index contributed by atoms with van der Waals surface area (Å²) in [6.07, 6.45) is 3.68. The van der Waals surface area contributed by atoms with E-state index in [2.05, 4.69) is 20.8 Å². The number of sulfone groups is 1. The smallest absolute Gasteiger partial charge is 0.148 e. The van der Waals surface area contributed by atoms with Crippen LogP contribution in [0, 0.1) is 0 Å². The zero-order chi connectivity index (χ0) is 9.90. The summed E-state index contributed by atoms with van der Waals surface area (Å²) in [6.45, 7) is 1.74. The second-order valence-electron chi connectivity index (χ2n) is 3.62. The maximum absolute atomic E-state index is 10.9. The van der Waals surface area contributed by atoms with Crippen molar-refractivity contribution in [2.45, 2.75) is 18.9 Å². The molecule has 1 fully saturated rings. The number of halogens is 1. The predicted octanol–water partition coefficient (Wildman–Crippen LogP) is 0.890. The van der Waals surface area contributed by atoms with Gasteiger partial charge >= 0.3 is 0 Å². The number of hydrogen-bond acceptors (Lipinski definition) is 3. The maximum atomic E-state index is 10.9. The monoisotopic (exact) mass is 269 g/mol. The molecular weight excluding hydrogens is 254 g/mol. The average molecular weight is 270 g/mol. The van der Waals surface area contributed by atoms with E-state index in [0.29, 0.717) is 12.6 Å². The molecule has 1 heterocycles. The lowest BCUT2D eigenvalue weighted by atomic mass is 10.2. The second-order valence-corrected chi connectivity index (χ2v) is 6.52. The van der Waals surface area contributed by atoms with Crippen LogP contribution in [0.2, 0.25) is 0 Å². The Hall–Kier alpha value is 0.390. The van der Waals surface area contributed by atoms with Crippen LogP contribution in [0.1, 0.15) is 12.8 Å². The molecule has 78 valence electrons. The van der Waals surface area contributed by atoms with Crippen LogP contribution in [-0.2, 0) is 9.84 Å². The molecule has 0 bridgehead atoms. The minimum absolute atomic E-state index is 0.288. The summed E-state index contributed by atoms with van der Waals surface area (Å²) < 4.78 is 21.9. The van der Waals surface area contributed by atoms with E-state index in [-0.39, 0.29) is 5.75 Å². The number of hydrogen-bond donors (Lipinski definition) is 0. The summed E-state index contributed by atoms with van der Waals surface area (Å²) in [5.41, 5.74) is 0. The molecule has 0 N–H and O–H groups in total. The van der Waals surface area contributed by atoms with Gasteiger partial charge in [-0.3, -0.25) is 4.90 Å². The van der Waals surface area contributed by atoms with Crippen LogP contribution < -0.4 is 0 Å². The Morgan fingerprint density at radius 2 is 2.23 bits per heavy atom. The summed E-state index contributed by atoms with van der Waals surface area (Å²) in [5.74, 6) is 0.288. The SMILES string of the molecule is CS(=O)(=O)CCN1CCCC1CBr. The first-order valence-electron chi connectivity index (χ1n) is 4.50. The van der Waals surface area contributed by atoms with Crippen LogP contribution >= 0.6 is 15.9 Å². The van der Waals surface area contributed by atoms with Crippen molar-refractivity contribution in [3.63, 3.8) is 0 Å². The van der Waals surface area contributed by atoms with Gasteiger partial charge in [-0.2, -0.15) is 0 Å². The molecule has 0 radical (unpaired) electrons. The second kappa shape index (κ2) is 4.75. The maximum Gasteiger partial charge on any atom is 0.148 e. The predicted molar refractivity (Wildman–Crippen MR) is 58.1 cm³/mol. The van der Waals surface area contributed by atoms with Crippen molar-refractivity contribution in [3.05, 3.63) is 0 Å². The molecule has 1 atom stereocenters. The number of likely N-dealkylation sites (tertiary alicyclic amines) is 1. The van der Waals surface area contributed by atoms with E-state index in [1.54, 1.807) is 0 Å². The highest BCUT2D eigenvalue weighted by atomic mass is 79.9. The molecule has 0 spiro atoms. The van der Waals surface area contributed by atoms with Crippen LogP contribution in [0.25, 0.3) is 0 Å². The van der Waals surface area contributed by atoms with Crippen molar-refractivity contribution >= 4 is 25.8 Å². The molecule has 1 aliphatic rings. The Labute approximate surface area is 88.5 Å². The molecule has 0 saturated carbocycles. The van der Waals surface area contributed by atoms with Crippen LogP contribution in [0.3, 0.4) is 0 Å². The fraction of sp³-hybridized carbons (Fsp3) is 1.00. The lowest BCUT2D eigenvalue weighted by molar-refractivity contribution is 0.289. The van der Waals surface area contributed by atoms with Gasteiger partial charge in [-0.15, -0.1) is 0 Å². The van der Waals surface area contributed by atoms with Gasteiger partial charge in [-0.25, -0.2) is 8.42 Å². The molecule has 1 aliphatic heterocycles. The summed E-state index contributed by atoms with van der Waals surface area (Å²) in [4.78, 5) is 2.26. The topological polar surface area (TPSA) is 37.4 Å². The molecular formula is C8H16BrNO2S. The van der Waals surface area contributed by atoms with Crippen molar-refractivity contribution in [3.8, 4) is 0 Å². The van der Waals surface area contributed by atoms with E-state index in [4.69, 9.17) is 0 Å². The summed E-state index contributed by atoms with van der Waals surface area (Å²) in [6, 6.07) is 0.543. The highest BCUT2D eigenvalue weighted by Crippen LogP contribution is 2.18. The quantitative estimate of drug-likeness (QED) is 0.712. The molecule has 0 aromatic carbocycles. The molecule has 5 heteroatoms. The lowest BCUT2D eigenvalue weighted by Gasteiger charge is -2.21. The van der Waals surface area contributed by atoms with Gasteiger partial charge in [0.15, 0.2) is 0 Å². The van der Waals surface area contributed by atoms with Gasteiger partial charge in [-0.05, 0) is 19.4 Å². The van der Waals surface area contributed by atoms with Crippen LogP contribution in [0.5, 0.6) is 0 Å². The first-order valence-corrected chi connectivity index (χ1v) is 7.69. The zero-order valence-corrected chi connectivity index (χ0v) is 10.3. The highest BCUT2D eigenvalue weighted by molar-refractivity contribution is 9.09. The van der Waals surface area contributed by atoms with Gasteiger partial charge in [-0.1, -0.05) is 15.9 Å². The standard InChI is InChI=1S/C8H16BrNO2S/c1-13(11,12)6-5-10-4-2-3-8(10)7-9/h8H,2-7H2,1H3. The van der Waals surface area contributed by atoms with Crippen molar-refractivity contribution < 1.29 is 8.42 Å². The minimum atomic E-state index is -2.80. The molecule has 13 heavy (non-hydrogen) atoms. The lowest BCUT2D eigenvalue weighted by Crippen LogP contribution is -2.34. The molecule has 3 nitrogen and oxygen atoms in total. The van der Waals surface area contributed by atoms with E-state index in [0.717, 1.165) is 11.9 Å².